The molecule has 2 fully saturated rings. The second kappa shape index (κ2) is 9.32. The van der Waals surface area contributed by atoms with E-state index >= 15 is 0 Å². The highest BCUT2D eigenvalue weighted by Gasteiger charge is 2.55. The fourth-order valence-electron chi connectivity index (χ4n) is 7.08. The number of aryl methyl sites for hydroxylation is 1. The molecule has 3 heteroatoms. The molecule has 0 spiro atoms. The average Bonchev–Trinajstić information content (AvgIpc) is 3.09. The molecule has 1 aromatic carbocycles. The van der Waals surface area contributed by atoms with E-state index in [1.54, 1.807) is 12.7 Å². The second-order valence-electron chi connectivity index (χ2n) is 10.4. The van der Waals surface area contributed by atoms with E-state index in [4.69, 9.17) is 4.74 Å². The minimum Gasteiger partial charge on any atom is -0.497 e. The summed E-state index contributed by atoms with van der Waals surface area (Å²) in [5.74, 6) is 3.51. The molecule has 5 atom stereocenters. The summed E-state index contributed by atoms with van der Waals surface area (Å²) in [4.78, 5) is 12.6. The van der Waals surface area contributed by atoms with Gasteiger partial charge in [-0.3, -0.25) is 4.79 Å². The van der Waals surface area contributed by atoms with Crippen LogP contribution in [0.3, 0.4) is 0 Å². The number of amides is 1. The third kappa shape index (κ3) is 4.14. The Kier molecular flexibility index (Phi) is 6.75. The number of methoxy groups -OCH3 is 1. The van der Waals surface area contributed by atoms with Gasteiger partial charge in [0.25, 0.3) is 0 Å². The summed E-state index contributed by atoms with van der Waals surface area (Å²) in [6, 6.07) is 7.12. The van der Waals surface area contributed by atoms with Crippen molar-refractivity contribution in [2.75, 3.05) is 7.11 Å². The van der Waals surface area contributed by atoms with Crippen LogP contribution in [0.1, 0.15) is 102 Å². The van der Waals surface area contributed by atoms with Crippen molar-refractivity contribution in [1.82, 2.24) is 5.32 Å². The molecular formula is C27H41NO2. The molecule has 3 aliphatic carbocycles. The summed E-state index contributed by atoms with van der Waals surface area (Å²) in [5.41, 5.74) is 3.36. The van der Waals surface area contributed by atoms with E-state index in [2.05, 4.69) is 37.4 Å². The molecule has 3 nitrogen and oxygen atoms in total. The average molecular weight is 412 g/mol. The van der Waals surface area contributed by atoms with Gasteiger partial charge in [0.15, 0.2) is 0 Å². The van der Waals surface area contributed by atoms with Gasteiger partial charge in [-0.05, 0) is 91.4 Å². The highest BCUT2D eigenvalue weighted by atomic mass is 16.5. The Hall–Kier alpha value is -1.51. The van der Waals surface area contributed by atoms with Crippen molar-refractivity contribution in [1.29, 1.82) is 0 Å². The molecule has 0 unspecified atom stereocenters. The number of nitrogens with one attached hydrogen (secondary N) is 1. The summed E-state index contributed by atoms with van der Waals surface area (Å²) in [6.07, 6.45) is 14.2. The first-order valence-corrected chi connectivity index (χ1v) is 12.5. The SMILES string of the molecule is CCCCCCCC(=O)N[C@H]1CC[C@H]2[C@@H]3CCc4cc(OC)ccc4[C@H]3CC[C@]12C. The van der Waals surface area contributed by atoms with E-state index in [-0.39, 0.29) is 5.41 Å². The van der Waals surface area contributed by atoms with E-state index in [9.17, 15) is 4.79 Å². The molecule has 1 N–H and O–H groups in total. The predicted octanol–water partition coefficient (Wildman–Crippen LogP) is 6.40. The van der Waals surface area contributed by atoms with Crippen molar-refractivity contribution in [2.24, 2.45) is 17.3 Å². The molecule has 0 heterocycles. The predicted molar refractivity (Wildman–Crippen MR) is 123 cm³/mol. The van der Waals surface area contributed by atoms with Gasteiger partial charge in [0.2, 0.25) is 5.91 Å². The van der Waals surface area contributed by atoms with E-state index < -0.39 is 0 Å². The Morgan fingerprint density at radius 1 is 1.13 bits per heavy atom. The van der Waals surface area contributed by atoms with Crippen molar-refractivity contribution in [3.8, 4) is 5.75 Å². The molecule has 0 aliphatic heterocycles. The van der Waals surface area contributed by atoms with Crippen LogP contribution in [0.15, 0.2) is 18.2 Å². The maximum atomic E-state index is 12.6. The van der Waals surface area contributed by atoms with Gasteiger partial charge in [0, 0.05) is 12.5 Å². The van der Waals surface area contributed by atoms with E-state index in [1.807, 2.05) is 0 Å². The van der Waals surface area contributed by atoms with E-state index in [0.29, 0.717) is 24.3 Å². The quantitative estimate of drug-likeness (QED) is 0.503. The number of carbonyl (C=O) groups excluding carboxylic acids is 1. The smallest absolute Gasteiger partial charge is 0.220 e. The summed E-state index contributed by atoms with van der Waals surface area (Å²) in [7, 11) is 1.76. The monoisotopic (exact) mass is 411 g/mol. The summed E-state index contributed by atoms with van der Waals surface area (Å²) < 4.78 is 5.46. The number of unbranched alkanes of at least 4 members (excludes halogenated alkanes) is 4. The van der Waals surface area contributed by atoms with Crippen LogP contribution < -0.4 is 10.1 Å². The topological polar surface area (TPSA) is 38.3 Å². The van der Waals surface area contributed by atoms with Crippen LogP contribution in [0.2, 0.25) is 0 Å². The zero-order chi connectivity index (χ0) is 21.1. The molecule has 4 rings (SSSR count). The molecule has 1 amide bonds. The second-order valence-corrected chi connectivity index (χ2v) is 10.4. The zero-order valence-corrected chi connectivity index (χ0v) is 19.3. The number of carbonyl (C=O) groups is 1. The number of rotatable bonds is 8. The van der Waals surface area contributed by atoms with Gasteiger partial charge < -0.3 is 10.1 Å². The minimum absolute atomic E-state index is 0.281. The van der Waals surface area contributed by atoms with Crippen LogP contribution in [0, 0.1) is 17.3 Å². The van der Waals surface area contributed by atoms with Crippen molar-refractivity contribution < 1.29 is 9.53 Å². The van der Waals surface area contributed by atoms with Gasteiger partial charge in [0.05, 0.1) is 7.11 Å². The van der Waals surface area contributed by atoms with Gasteiger partial charge in [-0.1, -0.05) is 45.6 Å². The van der Waals surface area contributed by atoms with E-state index in [1.165, 1.54) is 69.8 Å². The summed E-state index contributed by atoms with van der Waals surface area (Å²) >= 11 is 0. The Labute approximate surface area is 183 Å². The number of hydrogen-bond acceptors (Lipinski definition) is 2. The van der Waals surface area contributed by atoms with Crippen LogP contribution in [-0.4, -0.2) is 19.1 Å². The summed E-state index contributed by atoms with van der Waals surface area (Å²) in [6.45, 7) is 4.72. The van der Waals surface area contributed by atoms with Crippen LogP contribution in [0.25, 0.3) is 0 Å². The minimum atomic E-state index is 0.281. The Bertz CT molecular complexity index is 744. The third-order valence-corrected chi connectivity index (χ3v) is 8.78. The van der Waals surface area contributed by atoms with Gasteiger partial charge in [-0.2, -0.15) is 0 Å². The zero-order valence-electron chi connectivity index (χ0n) is 19.3. The van der Waals surface area contributed by atoms with Crippen molar-refractivity contribution in [3.05, 3.63) is 29.3 Å². The Balaban J connectivity index is 1.38. The molecule has 0 radical (unpaired) electrons. The first kappa shape index (κ1) is 21.7. The molecule has 166 valence electrons. The largest absolute Gasteiger partial charge is 0.497 e. The third-order valence-electron chi connectivity index (χ3n) is 8.78. The normalized spacial score (nSPS) is 32.1. The summed E-state index contributed by atoms with van der Waals surface area (Å²) in [5, 5.41) is 3.48. The highest BCUT2D eigenvalue weighted by Crippen LogP contribution is 2.61. The van der Waals surface area contributed by atoms with Crippen LogP contribution in [0.5, 0.6) is 5.75 Å². The molecule has 0 saturated heterocycles. The number of fused-ring (bicyclic) bond motifs is 5. The maximum Gasteiger partial charge on any atom is 0.220 e. The first-order valence-electron chi connectivity index (χ1n) is 12.5. The lowest BCUT2D eigenvalue weighted by molar-refractivity contribution is -0.123. The number of benzene rings is 1. The lowest BCUT2D eigenvalue weighted by atomic mass is 9.55. The van der Waals surface area contributed by atoms with Gasteiger partial charge >= 0.3 is 0 Å². The van der Waals surface area contributed by atoms with Gasteiger partial charge in [-0.25, -0.2) is 0 Å². The molecule has 30 heavy (non-hydrogen) atoms. The van der Waals surface area contributed by atoms with Crippen molar-refractivity contribution in [2.45, 2.75) is 103 Å². The Morgan fingerprint density at radius 2 is 1.97 bits per heavy atom. The van der Waals surface area contributed by atoms with Gasteiger partial charge in [0.1, 0.15) is 5.75 Å². The Morgan fingerprint density at radius 3 is 2.77 bits per heavy atom. The van der Waals surface area contributed by atoms with Crippen molar-refractivity contribution in [3.63, 3.8) is 0 Å². The van der Waals surface area contributed by atoms with Gasteiger partial charge in [-0.15, -0.1) is 0 Å². The molecule has 1 aromatic rings. The highest BCUT2D eigenvalue weighted by molar-refractivity contribution is 5.76. The first-order chi connectivity index (χ1) is 14.6. The number of hydrogen-bond donors (Lipinski definition) is 1. The van der Waals surface area contributed by atoms with Crippen LogP contribution >= 0.6 is 0 Å². The fraction of sp³-hybridized carbons (Fsp3) is 0.741. The molecule has 0 bridgehead atoms. The van der Waals surface area contributed by atoms with Crippen LogP contribution in [-0.2, 0) is 11.2 Å². The molecular weight excluding hydrogens is 370 g/mol. The molecule has 2 saturated carbocycles. The number of ether oxygens (including phenoxy) is 1. The maximum absolute atomic E-state index is 12.6. The lowest BCUT2D eigenvalue weighted by Crippen LogP contribution is -2.50. The lowest BCUT2D eigenvalue weighted by Gasteiger charge is -2.51. The van der Waals surface area contributed by atoms with Crippen LogP contribution in [0.4, 0.5) is 0 Å². The van der Waals surface area contributed by atoms with Crippen molar-refractivity contribution >= 4 is 5.91 Å². The standard InChI is InChI=1S/C27H41NO2/c1-4-5-6-7-8-9-26(29)28-25-15-14-24-23-12-10-19-18-20(30-3)11-13-21(19)22(23)16-17-27(24,25)2/h11,13,18,22-25H,4-10,12,14-17H2,1-3H3,(H,28,29)/t22-,23-,24+,25+,27+/m1/s1. The van der Waals surface area contributed by atoms with E-state index in [0.717, 1.165) is 24.0 Å². The molecule has 0 aromatic heterocycles. The fourth-order valence-corrected chi connectivity index (χ4v) is 7.08. The molecule has 3 aliphatic rings.